The summed E-state index contributed by atoms with van der Waals surface area (Å²) in [4.78, 5) is 19.4. The lowest BCUT2D eigenvalue weighted by molar-refractivity contribution is -0.127. The van der Waals surface area contributed by atoms with Crippen molar-refractivity contribution in [1.82, 2.24) is 15.2 Å². The third kappa shape index (κ3) is 3.71. The van der Waals surface area contributed by atoms with Crippen molar-refractivity contribution >= 4 is 11.7 Å². The van der Waals surface area contributed by atoms with E-state index >= 15 is 0 Å². The summed E-state index contributed by atoms with van der Waals surface area (Å²) >= 11 is 0. The van der Waals surface area contributed by atoms with Gasteiger partial charge in [0.25, 0.3) is 0 Å². The normalized spacial score (nSPS) is 10.1. The van der Waals surface area contributed by atoms with Crippen LogP contribution in [0.5, 0.6) is 0 Å². The lowest BCUT2D eigenvalue weighted by Crippen LogP contribution is -2.35. The molecule has 0 radical (unpaired) electrons. The number of aromatic nitrogens is 1. The maximum absolute atomic E-state index is 11.6. The molecule has 1 rings (SSSR count). The summed E-state index contributed by atoms with van der Waals surface area (Å²) < 4.78 is 0. The van der Waals surface area contributed by atoms with Gasteiger partial charge in [0.1, 0.15) is 5.82 Å². The second kappa shape index (κ2) is 6.20. The van der Waals surface area contributed by atoms with Gasteiger partial charge >= 0.3 is 0 Å². The van der Waals surface area contributed by atoms with E-state index < -0.39 is 0 Å². The van der Waals surface area contributed by atoms with Crippen molar-refractivity contribution in [2.24, 2.45) is 0 Å². The van der Waals surface area contributed by atoms with Gasteiger partial charge in [-0.3, -0.25) is 4.79 Å². The topological polar surface area (TPSA) is 48.5 Å². The number of anilines is 1. The van der Waals surface area contributed by atoms with Crippen molar-refractivity contribution in [2.45, 2.75) is 6.54 Å². The molecule has 0 saturated carbocycles. The van der Waals surface area contributed by atoms with Gasteiger partial charge in [0.05, 0.1) is 6.54 Å². The molecular formula is C12H20N4O. The number of nitrogens with one attached hydrogen (secondary N) is 1. The summed E-state index contributed by atoms with van der Waals surface area (Å²) in [5.74, 6) is 0.908. The van der Waals surface area contributed by atoms with Crippen molar-refractivity contribution < 1.29 is 4.79 Å². The summed E-state index contributed by atoms with van der Waals surface area (Å²) in [6, 6.07) is 3.91. The van der Waals surface area contributed by atoms with Gasteiger partial charge in [-0.25, -0.2) is 4.98 Å². The Morgan fingerprint density at radius 2 is 2.12 bits per heavy atom. The molecule has 0 unspecified atom stereocenters. The fraction of sp³-hybridized carbons (Fsp3) is 0.500. The molecule has 0 saturated heterocycles. The summed E-state index contributed by atoms with van der Waals surface area (Å²) in [6.07, 6.45) is 1.74. The van der Waals surface area contributed by atoms with Crippen LogP contribution >= 0.6 is 0 Å². The molecule has 1 aromatic rings. The Morgan fingerprint density at radius 1 is 1.41 bits per heavy atom. The van der Waals surface area contributed by atoms with E-state index in [4.69, 9.17) is 0 Å². The van der Waals surface area contributed by atoms with Crippen molar-refractivity contribution in [3.05, 3.63) is 23.9 Å². The highest BCUT2D eigenvalue weighted by molar-refractivity contribution is 5.80. The summed E-state index contributed by atoms with van der Waals surface area (Å²) in [5, 5.41) is 3.09. The number of hydrogen-bond donors (Lipinski definition) is 1. The van der Waals surface area contributed by atoms with E-state index in [0.29, 0.717) is 6.54 Å². The number of amides is 1. The molecule has 1 N–H and O–H groups in total. The second-order valence-electron chi connectivity index (χ2n) is 4.16. The first-order valence-corrected chi connectivity index (χ1v) is 5.56. The minimum Gasteiger partial charge on any atom is -0.350 e. The van der Waals surface area contributed by atoms with Crippen LogP contribution in [-0.2, 0) is 11.3 Å². The Morgan fingerprint density at radius 3 is 2.71 bits per heavy atom. The minimum absolute atomic E-state index is 0.0635. The molecule has 5 heteroatoms. The molecule has 0 aromatic carbocycles. The average Bonchev–Trinajstić information content (AvgIpc) is 2.29. The highest BCUT2D eigenvalue weighted by Crippen LogP contribution is 2.15. The fourth-order valence-electron chi connectivity index (χ4n) is 1.52. The van der Waals surface area contributed by atoms with Gasteiger partial charge in [-0.05, 0) is 13.1 Å². The predicted octanol–water partition coefficient (Wildman–Crippen LogP) is 0.325. The molecule has 0 aliphatic heterocycles. The predicted molar refractivity (Wildman–Crippen MR) is 69.0 cm³/mol. The largest absolute Gasteiger partial charge is 0.350 e. The van der Waals surface area contributed by atoms with Crippen LogP contribution < -0.4 is 10.2 Å². The Balaban J connectivity index is 2.80. The number of rotatable bonds is 5. The molecule has 0 atom stereocenters. The van der Waals surface area contributed by atoms with E-state index in [0.717, 1.165) is 17.9 Å². The number of carbonyl (C=O) groups is 1. The first-order chi connectivity index (χ1) is 8.06. The van der Waals surface area contributed by atoms with Crippen LogP contribution in [-0.4, -0.2) is 50.5 Å². The zero-order valence-corrected chi connectivity index (χ0v) is 10.9. The molecule has 0 aliphatic rings. The van der Waals surface area contributed by atoms with Gasteiger partial charge in [0.2, 0.25) is 5.91 Å². The molecule has 1 heterocycles. The monoisotopic (exact) mass is 236 g/mol. The van der Waals surface area contributed by atoms with E-state index in [-0.39, 0.29) is 5.91 Å². The lowest BCUT2D eigenvalue weighted by atomic mass is 10.2. The van der Waals surface area contributed by atoms with Crippen molar-refractivity contribution in [3.8, 4) is 0 Å². The quantitative estimate of drug-likeness (QED) is 0.800. The van der Waals surface area contributed by atoms with E-state index in [2.05, 4.69) is 10.3 Å². The van der Waals surface area contributed by atoms with Gasteiger partial charge < -0.3 is 15.1 Å². The third-order valence-electron chi connectivity index (χ3n) is 2.47. The molecule has 0 spiro atoms. The molecule has 5 nitrogen and oxygen atoms in total. The first-order valence-electron chi connectivity index (χ1n) is 5.56. The molecular weight excluding hydrogens is 216 g/mol. The van der Waals surface area contributed by atoms with Crippen LogP contribution in [0.1, 0.15) is 5.56 Å². The van der Waals surface area contributed by atoms with Crippen LogP contribution in [0.2, 0.25) is 0 Å². The van der Waals surface area contributed by atoms with E-state index in [1.807, 2.05) is 31.1 Å². The van der Waals surface area contributed by atoms with Gasteiger partial charge in [-0.2, -0.15) is 0 Å². The van der Waals surface area contributed by atoms with Gasteiger partial charge in [0.15, 0.2) is 0 Å². The SMILES string of the molecule is CNCc1cccnc1N(C)CC(=O)N(C)C. The maximum Gasteiger partial charge on any atom is 0.241 e. The molecule has 0 bridgehead atoms. The van der Waals surface area contributed by atoms with Crippen molar-refractivity contribution in [3.63, 3.8) is 0 Å². The average molecular weight is 236 g/mol. The summed E-state index contributed by atoms with van der Waals surface area (Å²) in [6.45, 7) is 1.07. The Bertz CT molecular complexity index is 379. The van der Waals surface area contributed by atoms with Crippen LogP contribution in [0.4, 0.5) is 5.82 Å². The van der Waals surface area contributed by atoms with Gasteiger partial charge in [-0.1, -0.05) is 6.07 Å². The summed E-state index contributed by atoms with van der Waals surface area (Å²) in [5.41, 5.74) is 1.09. The molecule has 17 heavy (non-hydrogen) atoms. The zero-order chi connectivity index (χ0) is 12.8. The standard InChI is InChI=1S/C12H20N4O/c1-13-8-10-6-5-7-14-12(10)16(4)9-11(17)15(2)3/h5-7,13H,8-9H2,1-4H3. The second-order valence-corrected chi connectivity index (χ2v) is 4.16. The number of pyridine rings is 1. The van der Waals surface area contributed by atoms with Gasteiger partial charge in [0, 0.05) is 39.4 Å². The number of likely N-dealkylation sites (N-methyl/N-ethyl adjacent to an activating group) is 2. The third-order valence-corrected chi connectivity index (χ3v) is 2.47. The number of carbonyl (C=O) groups excluding carboxylic acids is 1. The molecule has 1 amide bonds. The number of nitrogens with zero attached hydrogens (tertiary/aromatic N) is 3. The maximum atomic E-state index is 11.6. The van der Waals surface area contributed by atoms with E-state index in [9.17, 15) is 4.79 Å². The van der Waals surface area contributed by atoms with Crippen LogP contribution in [0.15, 0.2) is 18.3 Å². The van der Waals surface area contributed by atoms with E-state index in [1.54, 1.807) is 25.2 Å². The molecule has 0 aliphatic carbocycles. The molecule has 1 aromatic heterocycles. The lowest BCUT2D eigenvalue weighted by Gasteiger charge is -2.22. The minimum atomic E-state index is 0.0635. The highest BCUT2D eigenvalue weighted by Gasteiger charge is 2.12. The Labute approximate surface area is 102 Å². The first kappa shape index (κ1) is 13.4. The van der Waals surface area contributed by atoms with Crippen LogP contribution in [0, 0.1) is 0 Å². The van der Waals surface area contributed by atoms with Gasteiger partial charge in [-0.15, -0.1) is 0 Å². The van der Waals surface area contributed by atoms with Crippen molar-refractivity contribution in [2.75, 3.05) is 39.6 Å². The highest BCUT2D eigenvalue weighted by atomic mass is 16.2. The Kier molecular flexibility index (Phi) is 4.90. The Hall–Kier alpha value is -1.62. The smallest absolute Gasteiger partial charge is 0.241 e. The summed E-state index contributed by atoms with van der Waals surface area (Å²) in [7, 11) is 7.27. The molecule has 0 fully saturated rings. The van der Waals surface area contributed by atoms with Crippen LogP contribution in [0.25, 0.3) is 0 Å². The molecule has 94 valence electrons. The van der Waals surface area contributed by atoms with E-state index in [1.165, 1.54) is 0 Å². The van der Waals surface area contributed by atoms with Crippen molar-refractivity contribution in [1.29, 1.82) is 0 Å². The van der Waals surface area contributed by atoms with Crippen LogP contribution in [0.3, 0.4) is 0 Å². The number of hydrogen-bond acceptors (Lipinski definition) is 4. The fourth-order valence-corrected chi connectivity index (χ4v) is 1.52. The zero-order valence-electron chi connectivity index (χ0n) is 10.9.